The van der Waals surface area contributed by atoms with E-state index in [9.17, 15) is 9.59 Å². The Bertz CT molecular complexity index is 414. The summed E-state index contributed by atoms with van der Waals surface area (Å²) in [5, 5.41) is 0. The van der Waals surface area contributed by atoms with Gasteiger partial charge in [-0.1, -0.05) is 5.57 Å². The van der Waals surface area contributed by atoms with Crippen LogP contribution in [0.4, 0.5) is 0 Å². The Morgan fingerprint density at radius 1 is 1.20 bits per heavy atom. The molecule has 2 rings (SSSR count). The molecule has 0 radical (unpaired) electrons. The van der Waals surface area contributed by atoms with E-state index < -0.39 is 0 Å². The SMILES string of the molecule is CC(=O)O[C@@H]1CCN2CC[C@H](COC(=O)C=C(C)C)[C@H]12. The Morgan fingerprint density at radius 2 is 1.90 bits per heavy atom. The summed E-state index contributed by atoms with van der Waals surface area (Å²) < 4.78 is 10.7. The third-order valence-electron chi connectivity index (χ3n) is 3.94. The Hall–Kier alpha value is -1.36. The Labute approximate surface area is 119 Å². The fourth-order valence-electron chi connectivity index (χ4n) is 3.20. The first-order chi connectivity index (χ1) is 9.47. The number of esters is 2. The lowest BCUT2D eigenvalue weighted by Gasteiger charge is -2.25. The molecule has 3 atom stereocenters. The van der Waals surface area contributed by atoms with E-state index in [0.29, 0.717) is 6.61 Å². The Kier molecular flexibility index (Phi) is 4.81. The van der Waals surface area contributed by atoms with Crippen molar-refractivity contribution in [2.75, 3.05) is 19.7 Å². The van der Waals surface area contributed by atoms with Gasteiger partial charge in [0.1, 0.15) is 6.10 Å². The van der Waals surface area contributed by atoms with E-state index in [1.807, 2.05) is 13.8 Å². The highest BCUT2D eigenvalue weighted by atomic mass is 16.5. The molecule has 5 nitrogen and oxygen atoms in total. The van der Waals surface area contributed by atoms with Gasteiger partial charge < -0.3 is 9.47 Å². The smallest absolute Gasteiger partial charge is 0.330 e. The number of carbonyl (C=O) groups is 2. The van der Waals surface area contributed by atoms with E-state index in [-0.39, 0.29) is 30.0 Å². The third-order valence-corrected chi connectivity index (χ3v) is 3.94. The standard InChI is InChI=1S/C15H23NO4/c1-10(2)8-14(18)19-9-12-4-6-16-7-5-13(15(12)16)20-11(3)17/h8,12-13,15H,4-7,9H2,1-3H3/t12-,13-,15-/m1/s1. The minimum absolute atomic E-state index is 0.0536. The zero-order chi connectivity index (χ0) is 14.7. The van der Waals surface area contributed by atoms with Crippen LogP contribution >= 0.6 is 0 Å². The fourth-order valence-corrected chi connectivity index (χ4v) is 3.20. The summed E-state index contributed by atoms with van der Waals surface area (Å²) >= 11 is 0. The fraction of sp³-hybridized carbons (Fsp3) is 0.733. The summed E-state index contributed by atoms with van der Waals surface area (Å²) in [6, 6.07) is 0.207. The van der Waals surface area contributed by atoms with Crippen LogP contribution in [-0.2, 0) is 19.1 Å². The molecule has 2 saturated heterocycles. The summed E-state index contributed by atoms with van der Waals surface area (Å²) in [4.78, 5) is 25.1. The molecule has 0 bridgehead atoms. The van der Waals surface area contributed by atoms with Crippen molar-refractivity contribution in [1.82, 2.24) is 4.90 Å². The lowest BCUT2D eigenvalue weighted by Crippen LogP contribution is -2.38. The average Bonchev–Trinajstić information content (AvgIpc) is 2.89. The molecule has 2 heterocycles. The van der Waals surface area contributed by atoms with Crippen LogP contribution in [0.2, 0.25) is 0 Å². The maximum atomic E-state index is 11.6. The highest BCUT2D eigenvalue weighted by Crippen LogP contribution is 2.34. The molecule has 0 spiro atoms. The molecule has 5 heteroatoms. The summed E-state index contributed by atoms with van der Waals surface area (Å²) in [6.07, 6.45) is 3.32. The monoisotopic (exact) mass is 281 g/mol. The van der Waals surface area contributed by atoms with Crippen LogP contribution in [0, 0.1) is 5.92 Å². The average molecular weight is 281 g/mol. The number of rotatable bonds is 4. The van der Waals surface area contributed by atoms with Gasteiger partial charge in [-0.05, 0) is 33.2 Å². The number of hydrogen-bond acceptors (Lipinski definition) is 5. The summed E-state index contributed by atoms with van der Waals surface area (Å²) in [7, 11) is 0. The van der Waals surface area contributed by atoms with Gasteiger partial charge in [-0.25, -0.2) is 4.79 Å². The number of carbonyl (C=O) groups excluding carboxylic acids is 2. The largest absolute Gasteiger partial charge is 0.462 e. The molecule has 0 aliphatic carbocycles. The van der Waals surface area contributed by atoms with Gasteiger partial charge >= 0.3 is 11.9 Å². The van der Waals surface area contributed by atoms with E-state index in [4.69, 9.17) is 9.47 Å². The van der Waals surface area contributed by atoms with Gasteiger partial charge in [-0.3, -0.25) is 9.69 Å². The predicted molar refractivity (Wildman–Crippen MR) is 74.0 cm³/mol. The lowest BCUT2D eigenvalue weighted by atomic mass is 9.97. The normalized spacial score (nSPS) is 28.9. The van der Waals surface area contributed by atoms with Crippen molar-refractivity contribution in [2.24, 2.45) is 5.92 Å². The van der Waals surface area contributed by atoms with Crippen molar-refractivity contribution in [1.29, 1.82) is 0 Å². The minimum atomic E-state index is -0.287. The van der Waals surface area contributed by atoms with Crippen molar-refractivity contribution >= 4 is 11.9 Å². The topological polar surface area (TPSA) is 55.8 Å². The molecule has 0 aromatic rings. The van der Waals surface area contributed by atoms with Crippen LogP contribution in [0.25, 0.3) is 0 Å². The molecule has 2 aliphatic heterocycles. The van der Waals surface area contributed by atoms with Gasteiger partial charge in [0.2, 0.25) is 0 Å². The van der Waals surface area contributed by atoms with Crippen LogP contribution in [0.5, 0.6) is 0 Å². The first-order valence-corrected chi connectivity index (χ1v) is 7.20. The number of nitrogens with zero attached hydrogens (tertiary/aromatic N) is 1. The molecule has 112 valence electrons. The molecule has 0 saturated carbocycles. The van der Waals surface area contributed by atoms with Gasteiger partial charge in [0, 0.05) is 25.5 Å². The van der Waals surface area contributed by atoms with Crippen molar-refractivity contribution in [3.05, 3.63) is 11.6 Å². The summed E-state index contributed by atoms with van der Waals surface area (Å²) in [6.45, 7) is 7.54. The molecule has 0 aromatic heterocycles. The van der Waals surface area contributed by atoms with Gasteiger partial charge in [0.15, 0.2) is 0 Å². The van der Waals surface area contributed by atoms with Crippen LogP contribution in [0.3, 0.4) is 0 Å². The Balaban J connectivity index is 1.90. The zero-order valence-electron chi connectivity index (χ0n) is 12.4. The zero-order valence-corrected chi connectivity index (χ0v) is 12.4. The van der Waals surface area contributed by atoms with Crippen molar-refractivity contribution in [2.45, 2.75) is 45.8 Å². The first-order valence-electron chi connectivity index (χ1n) is 7.20. The minimum Gasteiger partial charge on any atom is -0.462 e. The summed E-state index contributed by atoms with van der Waals surface area (Å²) in [5.74, 6) is -0.258. The van der Waals surface area contributed by atoms with Crippen LogP contribution in [0.15, 0.2) is 11.6 Å². The molecule has 2 aliphatic rings. The maximum Gasteiger partial charge on any atom is 0.330 e. The second-order valence-electron chi connectivity index (χ2n) is 5.86. The van der Waals surface area contributed by atoms with Crippen molar-refractivity contribution in [3.63, 3.8) is 0 Å². The van der Waals surface area contributed by atoms with Crippen LogP contribution in [0.1, 0.15) is 33.6 Å². The van der Waals surface area contributed by atoms with E-state index >= 15 is 0 Å². The van der Waals surface area contributed by atoms with E-state index in [1.165, 1.54) is 13.0 Å². The highest BCUT2D eigenvalue weighted by Gasteiger charge is 2.45. The quantitative estimate of drug-likeness (QED) is 0.577. The van der Waals surface area contributed by atoms with Gasteiger partial charge in [0.05, 0.1) is 12.6 Å². The third kappa shape index (κ3) is 3.60. The number of fused-ring (bicyclic) bond motifs is 1. The van der Waals surface area contributed by atoms with E-state index in [1.54, 1.807) is 0 Å². The van der Waals surface area contributed by atoms with Crippen molar-refractivity contribution in [3.8, 4) is 0 Å². The number of allylic oxidation sites excluding steroid dienone is 1. The van der Waals surface area contributed by atoms with Gasteiger partial charge in [-0.15, -0.1) is 0 Å². The van der Waals surface area contributed by atoms with E-state index in [2.05, 4.69) is 4.90 Å². The molecule has 0 amide bonds. The van der Waals surface area contributed by atoms with E-state index in [0.717, 1.165) is 31.5 Å². The molecule has 0 unspecified atom stereocenters. The summed E-state index contributed by atoms with van der Waals surface area (Å²) in [5.41, 5.74) is 0.932. The number of ether oxygens (including phenoxy) is 2. The number of hydrogen-bond donors (Lipinski definition) is 0. The molecule has 20 heavy (non-hydrogen) atoms. The lowest BCUT2D eigenvalue weighted by molar-refractivity contribution is -0.149. The van der Waals surface area contributed by atoms with Crippen LogP contribution < -0.4 is 0 Å². The molecular weight excluding hydrogens is 258 g/mol. The van der Waals surface area contributed by atoms with Gasteiger partial charge in [0.25, 0.3) is 0 Å². The second kappa shape index (κ2) is 6.39. The molecular formula is C15H23NO4. The van der Waals surface area contributed by atoms with Gasteiger partial charge in [-0.2, -0.15) is 0 Å². The maximum absolute atomic E-state index is 11.6. The predicted octanol–water partition coefficient (Wildman–Crippen LogP) is 1.52. The van der Waals surface area contributed by atoms with Crippen molar-refractivity contribution < 1.29 is 19.1 Å². The first kappa shape index (κ1) is 15.0. The molecule has 0 N–H and O–H groups in total. The Morgan fingerprint density at radius 3 is 2.55 bits per heavy atom. The highest BCUT2D eigenvalue weighted by molar-refractivity contribution is 5.82. The molecule has 0 aromatic carbocycles. The molecule has 2 fully saturated rings. The van der Waals surface area contributed by atoms with Crippen LogP contribution in [-0.4, -0.2) is 48.7 Å². The second-order valence-corrected chi connectivity index (χ2v) is 5.86.